The summed E-state index contributed by atoms with van der Waals surface area (Å²) in [6.07, 6.45) is 0. The first kappa shape index (κ1) is 20.0. The predicted octanol–water partition coefficient (Wildman–Crippen LogP) is 2.71. The van der Waals surface area contributed by atoms with Gasteiger partial charge in [-0.1, -0.05) is 36.4 Å². The summed E-state index contributed by atoms with van der Waals surface area (Å²) >= 11 is 1.20. The molecule has 0 aliphatic carbocycles. The summed E-state index contributed by atoms with van der Waals surface area (Å²) in [5.41, 5.74) is 1.82. The molecule has 0 atom stereocenters. The molecule has 0 bridgehead atoms. The van der Waals surface area contributed by atoms with Gasteiger partial charge in [0.2, 0.25) is 0 Å². The van der Waals surface area contributed by atoms with Gasteiger partial charge in [-0.25, -0.2) is 0 Å². The largest absolute Gasteiger partial charge is 0.493 e. The molecule has 0 saturated carbocycles. The van der Waals surface area contributed by atoms with Crippen LogP contribution in [0, 0.1) is 0 Å². The summed E-state index contributed by atoms with van der Waals surface area (Å²) in [7, 11) is 3.08. The molecule has 0 unspecified atom stereocenters. The fraction of sp³-hybridized carbons (Fsp3) is 0.238. The minimum atomic E-state index is -0.350. The number of ether oxygens (including phenoxy) is 2. The van der Waals surface area contributed by atoms with Crippen molar-refractivity contribution < 1.29 is 24.2 Å². The molecule has 0 fully saturated rings. The van der Waals surface area contributed by atoms with Crippen molar-refractivity contribution in [3.05, 3.63) is 64.6 Å². The molecule has 0 saturated heterocycles. The SMILES string of the molecule is COc1ccc(CN2C(=O)C(SCCO)=C(c3ccccc3)C2=O)cc1OC. The Kier molecular flexibility index (Phi) is 6.38. The second-order valence-corrected chi connectivity index (χ2v) is 7.13. The Balaban J connectivity index is 1.92. The Hall–Kier alpha value is -2.77. The number of imide groups is 1. The van der Waals surface area contributed by atoms with Crippen LogP contribution in [0.2, 0.25) is 0 Å². The normalized spacial score (nSPS) is 14.0. The number of carbonyl (C=O) groups is 2. The molecule has 7 heteroatoms. The van der Waals surface area contributed by atoms with Crippen LogP contribution >= 0.6 is 11.8 Å². The lowest BCUT2D eigenvalue weighted by Crippen LogP contribution is -2.31. The van der Waals surface area contributed by atoms with Crippen molar-refractivity contribution in [1.82, 2.24) is 4.90 Å². The Morgan fingerprint density at radius 3 is 2.32 bits per heavy atom. The smallest absolute Gasteiger partial charge is 0.268 e. The number of hydrogen-bond donors (Lipinski definition) is 1. The van der Waals surface area contributed by atoms with Crippen LogP contribution in [0.5, 0.6) is 11.5 Å². The van der Waals surface area contributed by atoms with Crippen LogP contribution < -0.4 is 9.47 Å². The molecule has 0 aromatic heterocycles. The van der Waals surface area contributed by atoms with Gasteiger partial charge in [0, 0.05) is 5.75 Å². The molecule has 3 rings (SSSR count). The third-order valence-corrected chi connectivity index (χ3v) is 5.37. The van der Waals surface area contributed by atoms with E-state index in [-0.39, 0.29) is 25.0 Å². The fourth-order valence-electron chi connectivity index (χ4n) is 3.00. The molecule has 0 radical (unpaired) electrons. The standard InChI is InChI=1S/C21H21NO5S/c1-26-16-9-8-14(12-17(16)27-2)13-22-20(24)18(15-6-4-3-5-7-15)19(21(22)25)28-11-10-23/h3-9,12,23H,10-11,13H2,1-2H3. The molecule has 28 heavy (non-hydrogen) atoms. The van der Waals surface area contributed by atoms with Gasteiger partial charge >= 0.3 is 0 Å². The number of nitrogens with zero attached hydrogens (tertiary/aromatic N) is 1. The van der Waals surface area contributed by atoms with Crippen molar-refractivity contribution >= 4 is 29.1 Å². The Morgan fingerprint density at radius 1 is 0.964 bits per heavy atom. The second-order valence-electron chi connectivity index (χ2n) is 6.03. The zero-order valence-electron chi connectivity index (χ0n) is 15.7. The van der Waals surface area contributed by atoms with Crippen LogP contribution in [0.3, 0.4) is 0 Å². The van der Waals surface area contributed by atoms with E-state index in [2.05, 4.69) is 0 Å². The van der Waals surface area contributed by atoms with Gasteiger partial charge in [0.05, 0.1) is 37.8 Å². The Morgan fingerprint density at radius 2 is 1.68 bits per heavy atom. The summed E-state index contributed by atoms with van der Waals surface area (Å²) in [6, 6.07) is 14.4. The average molecular weight is 399 g/mol. The van der Waals surface area contributed by atoms with Gasteiger partial charge in [0.15, 0.2) is 11.5 Å². The van der Waals surface area contributed by atoms with Gasteiger partial charge in [-0.3, -0.25) is 14.5 Å². The zero-order chi connectivity index (χ0) is 20.1. The van der Waals surface area contributed by atoms with Crippen molar-refractivity contribution in [2.24, 2.45) is 0 Å². The highest BCUT2D eigenvalue weighted by Crippen LogP contribution is 2.37. The number of rotatable bonds is 8. The quantitative estimate of drug-likeness (QED) is 0.688. The van der Waals surface area contributed by atoms with Gasteiger partial charge in [-0.2, -0.15) is 0 Å². The maximum absolute atomic E-state index is 13.1. The molecule has 2 aromatic rings. The lowest BCUT2D eigenvalue weighted by Gasteiger charge is -2.16. The molecular weight excluding hydrogens is 378 g/mol. The Labute approximate surface area is 167 Å². The van der Waals surface area contributed by atoms with E-state index < -0.39 is 0 Å². The van der Waals surface area contributed by atoms with E-state index in [0.717, 1.165) is 5.56 Å². The number of thioether (sulfide) groups is 1. The number of amides is 2. The number of carbonyl (C=O) groups excluding carboxylic acids is 2. The molecule has 1 N–H and O–H groups in total. The first-order chi connectivity index (χ1) is 13.6. The van der Waals surface area contributed by atoms with Crippen LogP contribution in [-0.2, 0) is 16.1 Å². The number of benzene rings is 2. The topological polar surface area (TPSA) is 76.1 Å². The van der Waals surface area contributed by atoms with Crippen LogP contribution in [-0.4, -0.2) is 48.4 Å². The summed E-state index contributed by atoms with van der Waals surface area (Å²) in [6.45, 7) is 0.0466. The fourth-order valence-corrected chi connectivity index (χ4v) is 3.88. The van der Waals surface area contributed by atoms with Gasteiger partial charge in [0.25, 0.3) is 11.8 Å². The molecule has 1 aliphatic rings. The van der Waals surface area contributed by atoms with Gasteiger partial charge in [0.1, 0.15) is 0 Å². The number of aliphatic hydroxyl groups excluding tert-OH is 1. The summed E-state index contributed by atoms with van der Waals surface area (Å²) in [5, 5.41) is 9.16. The molecule has 2 amide bonds. The first-order valence-electron chi connectivity index (χ1n) is 8.71. The van der Waals surface area contributed by atoms with E-state index in [0.29, 0.717) is 33.3 Å². The second kappa shape index (κ2) is 8.95. The maximum atomic E-state index is 13.1. The monoisotopic (exact) mass is 399 g/mol. The summed E-state index contributed by atoms with van der Waals surface area (Å²) in [4.78, 5) is 27.7. The summed E-state index contributed by atoms with van der Waals surface area (Å²) in [5.74, 6) is 0.760. The predicted molar refractivity (Wildman–Crippen MR) is 108 cm³/mol. The molecule has 6 nitrogen and oxygen atoms in total. The Bertz CT molecular complexity index is 910. The summed E-state index contributed by atoms with van der Waals surface area (Å²) < 4.78 is 10.5. The van der Waals surface area contributed by atoms with Gasteiger partial charge in [-0.15, -0.1) is 11.8 Å². The molecule has 146 valence electrons. The third-order valence-electron chi connectivity index (χ3n) is 4.31. The molecule has 0 spiro atoms. The van der Waals surface area contributed by atoms with E-state index in [1.807, 2.05) is 18.2 Å². The number of aliphatic hydroxyl groups is 1. The van der Waals surface area contributed by atoms with Crippen LogP contribution in [0.15, 0.2) is 53.4 Å². The van der Waals surface area contributed by atoms with Crippen molar-refractivity contribution in [3.8, 4) is 11.5 Å². The van der Waals surface area contributed by atoms with E-state index in [4.69, 9.17) is 14.6 Å². The van der Waals surface area contributed by atoms with Crippen molar-refractivity contribution in [1.29, 1.82) is 0 Å². The van der Waals surface area contributed by atoms with Crippen LogP contribution in [0.1, 0.15) is 11.1 Å². The van der Waals surface area contributed by atoms with Gasteiger partial charge in [-0.05, 0) is 23.3 Å². The highest BCUT2D eigenvalue weighted by atomic mass is 32.2. The van der Waals surface area contributed by atoms with Crippen molar-refractivity contribution in [3.63, 3.8) is 0 Å². The molecular formula is C21H21NO5S. The molecule has 1 aliphatic heterocycles. The number of methoxy groups -OCH3 is 2. The highest BCUT2D eigenvalue weighted by Gasteiger charge is 2.39. The lowest BCUT2D eigenvalue weighted by atomic mass is 10.1. The van der Waals surface area contributed by atoms with E-state index >= 15 is 0 Å². The average Bonchev–Trinajstić information content (AvgIpc) is 2.96. The van der Waals surface area contributed by atoms with E-state index in [1.54, 1.807) is 37.4 Å². The molecule has 2 aromatic carbocycles. The van der Waals surface area contributed by atoms with E-state index in [9.17, 15) is 9.59 Å². The highest BCUT2D eigenvalue weighted by molar-refractivity contribution is 8.04. The van der Waals surface area contributed by atoms with Gasteiger partial charge < -0.3 is 14.6 Å². The third kappa shape index (κ3) is 3.90. The number of hydrogen-bond acceptors (Lipinski definition) is 6. The lowest BCUT2D eigenvalue weighted by molar-refractivity contribution is -0.137. The van der Waals surface area contributed by atoms with Crippen molar-refractivity contribution in [2.75, 3.05) is 26.6 Å². The van der Waals surface area contributed by atoms with Crippen LogP contribution in [0.25, 0.3) is 5.57 Å². The maximum Gasteiger partial charge on any atom is 0.268 e. The van der Waals surface area contributed by atoms with E-state index in [1.165, 1.54) is 23.8 Å². The first-order valence-corrected chi connectivity index (χ1v) is 9.69. The molecule has 1 heterocycles. The van der Waals surface area contributed by atoms with Crippen LogP contribution in [0.4, 0.5) is 0 Å². The zero-order valence-corrected chi connectivity index (χ0v) is 16.5. The minimum absolute atomic E-state index is 0.0760. The van der Waals surface area contributed by atoms with Crippen molar-refractivity contribution in [2.45, 2.75) is 6.54 Å². The minimum Gasteiger partial charge on any atom is -0.493 e.